The number of Topliss-reactive ketones (excluding diaryl/α,β-unsaturated/α-hetero) is 1. The van der Waals surface area contributed by atoms with Crippen LogP contribution in [0.3, 0.4) is 0 Å². The molecule has 0 aliphatic heterocycles. The number of aromatic nitrogens is 1. The summed E-state index contributed by atoms with van der Waals surface area (Å²) in [5, 5.41) is 20.6. The molecule has 37 heavy (non-hydrogen) atoms. The Balaban J connectivity index is 1.49. The highest BCUT2D eigenvalue weighted by Gasteiger charge is 2.30. The Morgan fingerprint density at radius 1 is 1.08 bits per heavy atom. The van der Waals surface area contributed by atoms with Crippen LogP contribution in [0.25, 0.3) is 11.3 Å². The molecule has 1 unspecified atom stereocenters. The van der Waals surface area contributed by atoms with E-state index in [1.54, 1.807) is 37.3 Å². The van der Waals surface area contributed by atoms with Crippen molar-refractivity contribution in [1.82, 2.24) is 4.98 Å². The van der Waals surface area contributed by atoms with E-state index in [-0.39, 0.29) is 35.9 Å². The van der Waals surface area contributed by atoms with Crippen LogP contribution in [-0.4, -0.2) is 47.4 Å². The molecule has 0 bridgehead atoms. The third-order valence-corrected chi connectivity index (χ3v) is 6.80. The third-order valence-electron chi connectivity index (χ3n) is 6.51. The molecule has 3 aromatic rings. The van der Waals surface area contributed by atoms with Crippen LogP contribution in [0.15, 0.2) is 48.5 Å². The van der Waals surface area contributed by atoms with Gasteiger partial charge in [-0.1, -0.05) is 11.6 Å². The average molecular weight is 530 g/mol. The molecular weight excluding hydrogens is 501 g/mol. The Kier molecular flexibility index (Phi) is 8.02. The van der Waals surface area contributed by atoms with Gasteiger partial charge in [0.05, 0.1) is 31.0 Å². The molecule has 2 aromatic carbocycles. The summed E-state index contributed by atoms with van der Waals surface area (Å²) in [6.07, 6.45) is 0.872. The van der Waals surface area contributed by atoms with Gasteiger partial charge in [-0.3, -0.25) is 4.79 Å². The van der Waals surface area contributed by atoms with E-state index in [1.165, 1.54) is 32.4 Å². The van der Waals surface area contributed by atoms with Gasteiger partial charge < -0.3 is 24.4 Å². The van der Waals surface area contributed by atoms with Crippen LogP contribution >= 0.6 is 11.6 Å². The predicted molar refractivity (Wildman–Crippen MR) is 137 cm³/mol. The van der Waals surface area contributed by atoms with Gasteiger partial charge in [0.15, 0.2) is 17.3 Å². The lowest BCUT2D eigenvalue weighted by Gasteiger charge is -2.32. The number of hydrogen-bond donors (Lipinski definition) is 2. The minimum Gasteiger partial charge on any atom is -0.494 e. The topological polar surface area (TPSA) is 98.1 Å². The average Bonchev–Trinajstić information content (AvgIpc) is 2.87. The number of carbonyl (C=O) groups excluding carboxylic acids is 1. The van der Waals surface area contributed by atoms with Crippen LogP contribution in [0, 0.1) is 5.82 Å². The number of rotatable bonds is 10. The largest absolute Gasteiger partial charge is 0.494 e. The lowest BCUT2D eigenvalue weighted by Crippen LogP contribution is -2.37. The number of halogens is 2. The van der Waals surface area contributed by atoms with Gasteiger partial charge in [0.2, 0.25) is 0 Å². The first-order chi connectivity index (χ1) is 17.6. The number of carbonyl (C=O) groups is 1. The maximum Gasteiger partial charge on any atom is 0.163 e. The van der Waals surface area contributed by atoms with Gasteiger partial charge in [0.1, 0.15) is 29.0 Å². The second kappa shape index (κ2) is 11.0. The van der Waals surface area contributed by atoms with Gasteiger partial charge in [-0.15, -0.1) is 0 Å². The number of pyridine rings is 1. The molecule has 9 heteroatoms. The summed E-state index contributed by atoms with van der Waals surface area (Å²) in [4.78, 5) is 17.5. The first-order valence-electron chi connectivity index (χ1n) is 11.9. The molecule has 1 aromatic heterocycles. The van der Waals surface area contributed by atoms with Crippen LogP contribution in [0.2, 0.25) is 5.02 Å². The van der Waals surface area contributed by atoms with Crippen molar-refractivity contribution in [3.63, 3.8) is 0 Å². The Labute approximate surface area is 219 Å². The lowest BCUT2D eigenvalue weighted by atomic mass is 9.92. The van der Waals surface area contributed by atoms with E-state index in [1.807, 2.05) is 0 Å². The maximum atomic E-state index is 13.7. The van der Waals surface area contributed by atoms with Crippen molar-refractivity contribution in [3.8, 4) is 28.5 Å². The van der Waals surface area contributed by atoms with Crippen LogP contribution in [0.5, 0.6) is 17.2 Å². The smallest absolute Gasteiger partial charge is 0.163 e. The highest BCUT2D eigenvalue weighted by atomic mass is 35.5. The second-order valence-corrected chi connectivity index (χ2v) is 9.71. The van der Waals surface area contributed by atoms with E-state index in [2.05, 4.69) is 4.98 Å². The van der Waals surface area contributed by atoms with Crippen LogP contribution < -0.4 is 14.2 Å². The Hall–Kier alpha value is -3.20. The summed E-state index contributed by atoms with van der Waals surface area (Å²) in [6, 6.07) is 12.5. The van der Waals surface area contributed by atoms with E-state index >= 15 is 0 Å². The van der Waals surface area contributed by atoms with Crippen molar-refractivity contribution < 1.29 is 33.6 Å². The first-order valence-corrected chi connectivity index (χ1v) is 12.3. The molecule has 1 saturated carbocycles. The Morgan fingerprint density at radius 3 is 2.43 bits per heavy atom. The maximum absolute atomic E-state index is 13.7. The summed E-state index contributed by atoms with van der Waals surface area (Å²) in [7, 11) is 2.99. The molecule has 1 atom stereocenters. The molecule has 2 N–H and O–H groups in total. The van der Waals surface area contributed by atoms with E-state index < -0.39 is 11.4 Å². The zero-order valence-electron chi connectivity index (χ0n) is 20.8. The molecule has 4 rings (SSSR count). The molecule has 0 saturated heterocycles. The molecule has 7 nitrogen and oxygen atoms in total. The van der Waals surface area contributed by atoms with Crippen LogP contribution in [0.4, 0.5) is 4.39 Å². The number of ether oxygens (including phenoxy) is 3. The lowest BCUT2D eigenvalue weighted by molar-refractivity contribution is -0.0118. The van der Waals surface area contributed by atoms with Gasteiger partial charge in [0, 0.05) is 30.4 Å². The number of hydrogen-bond acceptors (Lipinski definition) is 7. The van der Waals surface area contributed by atoms with Crippen LogP contribution in [0.1, 0.15) is 48.7 Å². The van der Waals surface area contributed by atoms with Gasteiger partial charge in [-0.05, 0) is 61.9 Å². The van der Waals surface area contributed by atoms with Crippen molar-refractivity contribution >= 4 is 17.4 Å². The quantitative estimate of drug-likeness (QED) is 0.342. The normalized spacial score (nSPS) is 18.5. The van der Waals surface area contributed by atoms with Crippen molar-refractivity contribution in [2.45, 2.75) is 50.4 Å². The molecule has 1 heterocycles. The monoisotopic (exact) mass is 529 g/mol. The SMILES string of the molecule is COc1cc(C(=O)CCC(C)(O)c2ccc(OC)c(-c3ccc(F)c(Cl)c3)n2)ccc1OC1CC(O)C1. The summed E-state index contributed by atoms with van der Waals surface area (Å²) in [6.45, 7) is 1.58. The molecule has 0 radical (unpaired) electrons. The summed E-state index contributed by atoms with van der Waals surface area (Å²) >= 11 is 5.95. The standard InChI is InChI=1S/C28H29ClFNO6/c1-28(34,26-9-8-24(35-2)27(31-26)17-4-6-21(30)20(29)12-17)11-10-22(33)16-5-7-23(25(13-16)36-3)37-19-14-18(32)15-19/h4-9,12-13,18-19,32,34H,10-11,14-15H2,1-3H3. The second-order valence-electron chi connectivity index (χ2n) is 9.30. The molecular formula is C28H29ClFNO6. The van der Waals surface area contributed by atoms with E-state index in [0.717, 1.165) is 0 Å². The molecule has 1 aliphatic carbocycles. The first kappa shape index (κ1) is 26.9. The minimum absolute atomic E-state index is 0.0522. The fourth-order valence-electron chi connectivity index (χ4n) is 4.14. The summed E-state index contributed by atoms with van der Waals surface area (Å²) in [5.74, 6) is 0.647. The zero-order valence-corrected chi connectivity index (χ0v) is 21.6. The van der Waals surface area contributed by atoms with Crippen molar-refractivity contribution in [3.05, 3.63) is 70.6 Å². The molecule has 0 amide bonds. The number of aliphatic hydroxyl groups excluding tert-OH is 1. The van der Waals surface area contributed by atoms with E-state index in [9.17, 15) is 19.4 Å². The van der Waals surface area contributed by atoms with Gasteiger partial charge in [-0.25, -0.2) is 9.37 Å². The molecule has 196 valence electrons. The van der Waals surface area contributed by atoms with Crippen molar-refractivity contribution in [1.29, 1.82) is 0 Å². The van der Waals surface area contributed by atoms with Gasteiger partial charge in [0.25, 0.3) is 0 Å². The van der Waals surface area contributed by atoms with Gasteiger partial charge in [-0.2, -0.15) is 0 Å². The molecule has 0 spiro atoms. The fraction of sp³-hybridized carbons (Fsp3) is 0.357. The number of nitrogens with zero attached hydrogens (tertiary/aromatic N) is 1. The highest BCUT2D eigenvalue weighted by molar-refractivity contribution is 6.31. The zero-order chi connectivity index (χ0) is 26.7. The van der Waals surface area contributed by atoms with Crippen LogP contribution in [-0.2, 0) is 5.60 Å². The molecule has 1 aliphatic rings. The Bertz CT molecular complexity index is 1290. The fourth-order valence-corrected chi connectivity index (χ4v) is 4.32. The molecule has 1 fully saturated rings. The highest BCUT2D eigenvalue weighted by Crippen LogP contribution is 2.36. The summed E-state index contributed by atoms with van der Waals surface area (Å²) in [5.41, 5.74) is 0.257. The number of aliphatic hydroxyl groups is 2. The summed E-state index contributed by atoms with van der Waals surface area (Å²) < 4.78 is 30.3. The third kappa shape index (κ3) is 6.04. The van der Waals surface area contributed by atoms with E-state index in [0.29, 0.717) is 52.6 Å². The van der Waals surface area contributed by atoms with Gasteiger partial charge >= 0.3 is 0 Å². The number of ketones is 1. The van der Waals surface area contributed by atoms with E-state index in [4.69, 9.17) is 25.8 Å². The predicted octanol–water partition coefficient (Wildman–Crippen LogP) is 5.33. The number of benzene rings is 2. The minimum atomic E-state index is -1.43. The van der Waals surface area contributed by atoms with Crippen molar-refractivity contribution in [2.24, 2.45) is 0 Å². The number of methoxy groups -OCH3 is 2. The van der Waals surface area contributed by atoms with Crippen molar-refractivity contribution in [2.75, 3.05) is 14.2 Å². The Morgan fingerprint density at radius 2 is 1.78 bits per heavy atom.